The maximum Gasteiger partial charge on any atom is 0.127 e. The van der Waals surface area contributed by atoms with Gasteiger partial charge in [0.05, 0.1) is 0 Å². The van der Waals surface area contributed by atoms with Crippen LogP contribution in [-0.4, -0.2) is 11.6 Å². The number of benzene rings is 1. The Labute approximate surface area is 122 Å². The van der Waals surface area contributed by atoms with Crippen LogP contribution in [0.15, 0.2) is 18.2 Å². The third-order valence-corrected chi connectivity index (χ3v) is 4.97. The monoisotopic (exact) mass is 273 g/mol. The van der Waals surface area contributed by atoms with Gasteiger partial charge >= 0.3 is 0 Å². The first-order valence-electron chi connectivity index (χ1n) is 7.91. The van der Waals surface area contributed by atoms with Crippen LogP contribution in [0.1, 0.15) is 58.1 Å². The van der Waals surface area contributed by atoms with Gasteiger partial charge in [0, 0.05) is 24.6 Å². The van der Waals surface area contributed by atoms with Crippen LogP contribution in [0.5, 0.6) is 5.75 Å². The van der Waals surface area contributed by atoms with Crippen molar-refractivity contribution in [2.75, 3.05) is 0 Å². The molecule has 0 spiro atoms. The van der Waals surface area contributed by atoms with Gasteiger partial charge in [-0.1, -0.05) is 38.5 Å². The number of hydrogen-bond donors (Lipinski definition) is 1. The largest absolute Gasteiger partial charge is 0.487 e. The topological polar surface area (TPSA) is 21.3 Å². The van der Waals surface area contributed by atoms with Gasteiger partial charge in [-0.3, -0.25) is 0 Å². The van der Waals surface area contributed by atoms with E-state index in [4.69, 9.17) is 4.74 Å². The number of nitrogens with one attached hydrogen (secondary N) is 1. The summed E-state index contributed by atoms with van der Waals surface area (Å²) in [6, 6.07) is 7.20. The summed E-state index contributed by atoms with van der Waals surface area (Å²) in [5.41, 5.74) is 3.05. The lowest BCUT2D eigenvalue weighted by atomic mass is 9.87. The van der Waals surface area contributed by atoms with Gasteiger partial charge in [-0.15, -0.1) is 0 Å². The van der Waals surface area contributed by atoms with E-state index in [1.165, 1.54) is 30.4 Å². The van der Waals surface area contributed by atoms with Crippen LogP contribution < -0.4 is 10.1 Å². The number of hydrogen-bond acceptors (Lipinski definition) is 2. The molecule has 1 fully saturated rings. The van der Waals surface area contributed by atoms with E-state index in [0.717, 1.165) is 18.7 Å². The van der Waals surface area contributed by atoms with Gasteiger partial charge in [-0.05, 0) is 37.7 Å². The summed E-state index contributed by atoms with van der Waals surface area (Å²) in [6.45, 7) is 10.0. The first kappa shape index (κ1) is 13.9. The van der Waals surface area contributed by atoms with Crippen LogP contribution >= 0.6 is 0 Å². The molecule has 1 unspecified atom stereocenters. The standard InChI is InChI=1S/C18H27NO/c1-17(2)10-6-9-15(17)19-12-14-8-5-7-13-11-18(3,4)20-16(13)14/h5,7-8,15,19H,6,9-12H2,1-4H3. The molecule has 2 heteroatoms. The van der Waals surface area contributed by atoms with E-state index in [1.54, 1.807) is 0 Å². The SMILES string of the molecule is CC1(C)Cc2cccc(CNC3CCCC3(C)C)c2O1. The average Bonchev–Trinajstić information content (AvgIpc) is 2.84. The molecule has 0 amide bonds. The lowest BCUT2D eigenvalue weighted by Crippen LogP contribution is -2.37. The molecule has 1 aromatic rings. The van der Waals surface area contributed by atoms with Gasteiger partial charge < -0.3 is 10.1 Å². The van der Waals surface area contributed by atoms with Crippen LogP contribution in [0.4, 0.5) is 0 Å². The number of ether oxygens (including phenoxy) is 1. The molecular weight excluding hydrogens is 246 g/mol. The van der Waals surface area contributed by atoms with Crippen LogP contribution in [0.3, 0.4) is 0 Å². The lowest BCUT2D eigenvalue weighted by molar-refractivity contribution is 0.137. The predicted octanol–water partition coefficient (Wildman–Crippen LogP) is 4.07. The molecule has 1 aliphatic heterocycles. The molecule has 0 bridgehead atoms. The Morgan fingerprint density at radius 3 is 2.75 bits per heavy atom. The second-order valence-electron chi connectivity index (χ2n) is 7.76. The molecule has 0 saturated heterocycles. The lowest BCUT2D eigenvalue weighted by Gasteiger charge is -2.28. The summed E-state index contributed by atoms with van der Waals surface area (Å²) in [4.78, 5) is 0. The van der Waals surface area contributed by atoms with Crippen molar-refractivity contribution >= 4 is 0 Å². The van der Waals surface area contributed by atoms with Crippen molar-refractivity contribution in [1.82, 2.24) is 5.32 Å². The van der Waals surface area contributed by atoms with Gasteiger partial charge in [0.2, 0.25) is 0 Å². The van der Waals surface area contributed by atoms with Gasteiger partial charge in [-0.2, -0.15) is 0 Å². The van der Waals surface area contributed by atoms with Gasteiger partial charge in [-0.25, -0.2) is 0 Å². The highest BCUT2D eigenvalue weighted by atomic mass is 16.5. The normalized spacial score (nSPS) is 26.3. The Balaban J connectivity index is 1.72. The summed E-state index contributed by atoms with van der Waals surface area (Å²) in [5.74, 6) is 1.13. The number of rotatable bonds is 3. The highest BCUT2D eigenvalue weighted by Crippen LogP contribution is 2.39. The van der Waals surface area contributed by atoms with Crippen molar-refractivity contribution < 1.29 is 4.74 Å². The molecule has 1 atom stereocenters. The predicted molar refractivity (Wildman–Crippen MR) is 83.1 cm³/mol. The maximum absolute atomic E-state index is 6.15. The molecule has 110 valence electrons. The van der Waals surface area contributed by atoms with Crippen molar-refractivity contribution in [1.29, 1.82) is 0 Å². The zero-order valence-corrected chi connectivity index (χ0v) is 13.3. The molecule has 0 aromatic heterocycles. The van der Waals surface area contributed by atoms with Crippen molar-refractivity contribution in [3.63, 3.8) is 0 Å². The Kier molecular flexibility index (Phi) is 3.32. The fraction of sp³-hybridized carbons (Fsp3) is 0.667. The number of fused-ring (bicyclic) bond motifs is 1. The van der Waals surface area contributed by atoms with Crippen molar-refractivity contribution in [2.45, 2.75) is 71.6 Å². The molecule has 1 saturated carbocycles. The summed E-state index contributed by atoms with van der Waals surface area (Å²) in [5, 5.41) is 3.77. The minimum Gasteiger partial charge on any atom is -0.487 e. The molecule has 2 nitrogen and oxygen atoms in total. The zero-order chi connectivity index (χ0) is 14.4. The maximum atomic E-state index is 6.15. The van der Waals surface area contributed by atoms with Crippen LogP contribution in [-0.2, 0) is 13.0 Å². The van der Waals surface area contributed by atoms with E-state index >= 15 is 0 Å². The molecule has 1 aromatic carbocycles. The van der Waals surface area contributed by atoms with Crippen LogP contribution in [0.2, 0.25) is 0 Å². The Bertz CT molecular complexity index is 504. The third kappa shape index (κ3) is 2.58. The molecule has 3 rings (SSSR count). The second-order valence-corrected chi connectivity index (χ2v) is 7.76. The summed E-state index contributed by atoms with van der Waals surface area (Å²) >= 11 is 0. The highest BCUT2D eigenvalue weighted by molar-refractivity contribution is 5.45. The van der Waals surface area contributed by atoms with Gasteiger partial charge in [0.1, 0.15) is 11.4 Å². The minimum atomic E-state index is -0.0505. The van der Waals surface area contributed by atoms with Crippen molar-refractivity contribution in [3.05, 3.63) is 29.3 Å². The summed E-state index contributed by atoms with van der Waals surface area (Å²) in [7, 11) is 0. The smallest absolute Gasteiger partial charge is 0.127 e. The average molecular weight is 273 g/mol. The fourth-order valence-electron chi connectivity index (χ4n) is 3.76. The van der Waals surface area contributed by atoms with Gasteiger partial charge in [0.25, 0.3) is 0 Å². The molecule has 1 N–H and O–H groups in total. The van der Waals surface area contributed by atoms with E-state index in [9.17, 15) is 0 Å². The summed E-state index contributed by atoms with van der Waals surface area (Å²) < 4.78 is 6.15. The van der Waals surface area contributed by atoms with E-state index in [-0.39, 0.29) is 5.60 Å². The van der Waals surface area contributed by atoms with E-state index in [2.05, 4.69) is 51.2 Å². The van der Waals surface area contributed by atoms with E-state index in [0.29, 0.717) is 11.5 Å². The third-order valence-electron chi connectivity index (χ3n) is 4.97. The quantitative estimate of drug-likeness (QED) is 0.896. The molecule has 1 heterocycles. The van der Waals surface area contributed by atoms with Gasteiger partial charge in [0.15, 0.2) is 0 Å². The van der Waals surface area contributed by atoms with Crippen LogP contribution in [0, 0.1) is 5.41 Å². The molecule has 20 heavy (non-hydrogen) atoms. The van der Waals surface area contributed by atoms with Crippen molar-refractivity contribution in [2.24, 2.45) is 5.41 Å². The van der Waals surface area contributed by atoms with Crippen LogP contribution in [0.25, 0.3) is 0 Å². The Morgan fingerprint density at radius 1 is 1.25 bits per heavy atom. The second kappa shape index (κ2) is 4.77. The number of para-hydroxylation sites is 1. The molecule has 2 aliphatic rings. The Hall–Kier alpha value is -1.02. The summed E-state index contributed by atoms with van der Waals surface area (Å²) in [6.07, 6.45) is 5.00. The van der Waals surface area contributed by atoms with E-state index in [1.807, 2.05) is 0 Å². The van der Waals surface area contributed by atoms with Crippen molar-refractivity contribution in [3.8, 4) is 5.75 Å². The molecular formula is C18H27NO. The highest BCUT2D eigenvalue weighted by Gasteiger charge is 2.35. The molecule has 1 aliphatic carbocycles. The Morgan fingerprint density at radius 2 is 2.05 bits per heavy atom. The fourth-order valence-corrected chi connectivity index (χ4v) is 3.76. The first-order chi connectivity index (χ1) is 9.37. The van der Waals surface area contributed by atoms with E-state index < -0.39 is 0 Å². The zero-order valence-electron chi connectivity index (χ0n) is 13.3. The minimum absolute atomic E-state index is 0.0505. The first-order valence-corrected chi connectivity index (χ1v) is 7.91. The molecule has 0 radical (unpaired) electrons.